The second-order valence-electron chi connectivity index (χ2n) is 8.04. The van der Waals surface area contributed by atoms with Gasteiger partial charge in [-0.1, -0.05) is 26.0 Å². The standard InChI is InChI=1S/C23H35N3O2/c1-3-19(4-2)25-17-15-24(16-18-25)13-7-8-14-26-21-10-6-5-9-20(21)22(27)11-12-23(26)28/h5-6,9-10,19H,3-4,7-8,11-18H2,1-2H3. The summed E-state index contributed by atoms with van der Waals surface area (Å²) in [4.78, 5) is 31.8. The largest absolute Gasteiger partial charge is 0.312 e. The van der Waals surface area contributed by atoms with Gasteiger partial charge in [0.2, 0.25) is 5.91 Å². The molecule has 0 saturated carbocycles. The Balaban J connectivity index is 1.46. The minimum Gasteiger partial charge on any atom is -0.312 e. The predicted molar refractivity (Wildman–Crippen MR) is 114 cm³/mol. The molecule has 5 heteroatoms. The van der Waals surface area contributed by atoms with Crippen LogP contribution in [0.5, 0.6) is 0 Å². The third-order valence-electron chi connectivity index (χ3n) is 6.33. The summed E-state index contributed by atoms with van der Waals surface area (Å²) in [5.74, 6) is 0.166. The normalized spacial score (nSPS) is 19.2. The quantitative estimate of drug-likeness (QED) is 0.642. The zero-order valence-electron chi connectivity index (χ0n) is 17.5. The van der Waals surface area contributed by atoms with Crippen molar-refractivity contribution in [2.75, 3.05) is 44.2 Å². The van der Waals surface area contributed by atoms with Crippen LogP contribution in [-0.4, -0.2) is 66.8 Å². The van der Waals surface area contributed by atoms with Crippen LogP contribution < -0.4 is 4.90 Å². The van der Waals surface area contributed by atoms with Crippen molar-refractivity contribution in [2.45, 2.75) is 58.4 Å². The lowest BCUT2D eigenvalue weighted by Gasteiger charge is -2.39. The van der Waals surface area contributed by atoms with Gasteiger partial charge in [0.25, 0.3) is 0 Å². The molecule has 1 saturated heterocycles. The summed E-state index contributed by atoms with van der Waals surface area (Å²) >= 11 is 0. The van der Waals surface area contributed by atoms with Gasteiger partial charge in [-0.05, 0) is 44.4 Å². The number of rotatable bonds is 8. The van der Waals surface area contributed by atoms with Crippen molar-refractivity contribution in [1.29, 1.82) is 0 Å². The number of para-hydroxylation sites is 1. The number of carbonyl (C=O) groups excluding carboxylic acids is 2. The Morgan fingerprint density at radius 2 is 1.57 bits per heavy atom. The third kappa shape index (κ3) is 5.00. The molecule has 154 valence electrons. The van der Waals surface area contributed by atoms with Crippen LogP contribution in [0.25, 0.3) is 0 Å². The first-order valence-corrected chi connectivity index (χ1v) is 11.0. The van der Waals surface area contributed by atoms with Crippen molar-refractivity contribution in [3.05, 3.63) is 29.8 Å². The van der Waals surface area contributed by atoms with Gasteiger partial charge in [0.05, 0.1) is 5.69 Å². The Morgan fingerprint density at radius 3 is 2.29 bits per heavy atom. The van der Waals surface area contributed by atoms with E-state index in [1.807, 2.05) is 29.2 Å². The van der Waals surface area contributed by atoms with Crippen LogP contribution in [0, 0.1) is 0 Å². The Bertz CT molecular complexity index is 664. The first-order valence-electron chi connectivity index (χ1n) is 11.0. The summed E-state index contributed by atoms with van der Waals surface area (Å²) in [7, 11) is 0. The van der Waals surface area contributed by atoms with Crippen LogP contribution in [0.1, 0.15) is 62.7 Å². The molecule has 0 aromatic heterocycles. The summed E-state index contributed by atoms with van der Waals surface area (Å²) in [5, 5.41) is 0. The first-order chi connectivity index (χ1) is 13.6. The van der Waals surface area contributed by atoms with Gasteiger partial charge in [-0.2, -0.15) is 0 Å². The lowest BCUT2D eigenvalue weighted by atomic mass is 10.1. The number of carbonyl (C=O) groups is 2. The van der Waals surface area contributed by atoms with E-state index in [1.54, 1.807) is 0 Å². The van der Waals surface area contributed by atoms with Crippen molar-refractivity contribution >= 4 is 17.4 Å². The van der Waals surface area contributed by atoms with Gasteiger partial charge >= 0.3 is 0 Å². The van der Waals surface area contributed by atoms with Gasteiger partial charge in [0, 0.05) is 57.2 Å². The third-order valence-corrected chi connectivity index (χ3v) is 6.33. The molecule has 0 N–H and O–H groups in total. The number of Topliss-reactive ketones (excluding diaryl/α,β-unsaturated/α-hetero) is 1. The van der Waals surface area contributed by atoms with Crippen molar-refractivity contribution < 1.29 is 9.59 Å². The molecular formula is C23H35N3O2. The summed E-state index contributed by atoms with van der Waals surface area (Å²) in [5.41, 5.74) is 1.50. The number of hydrogen-bond acceptors (Lipinski definition) is 4. The van der Waals surface area contributed by atoms with Crippen molar-refractivity contribution in [3.63, 3.8) is 0 Å². The Morgan fingerprint density at radius 1 is 0.893 bits per heavy atom. The number of unbranched alkanes of at least 4 members (excludes halogenated alkanes) is 1. The molecule has 1 fully saturated rings. The molecule has 2 aliphatic heterocycles. The Hall–Kier alpha value is -1.72. The fourth-order valence-electron chi connectivity index (χ4n) is 4.58. The fraction of sp³-hybridized carbons (Fsp3) is 0.652. The molecule has 5 nitrogen and oxygen atoms in total. The van der Waals surface area contributed by atoms with E-state index in [9.17, 15) is 9.59 Å². The summed E-state index contributed by atoms with van der Waals surface area (Å²) < 4.78 is 0. The highest BCUT2D eigenvalue weighted by Crippen LogP contribution is 2.27. The summed E-state index contributed by atoms with van der Waals surface area (Å²) in [6.07, 6.45) is 5.19. The second-order valence-corrected chi connectivity index (χ2v) is 8.04. The molecule has 0 unspecified atom stereocenters. The number of fused-ring (bicyclic) bond motifs is 1. The highest BCUT2D eigenvalue weighted by atomic mass is 16.2. The van der Waals surface area contributed by atoms with E-state index in [1.165, 1.54) is 25.9 Å². The lowest BCUT2D eigenvalue weighted by molar-refractivity contribution is -0.118. The number of hydrogen-bond donors (Lipinski definition) is 0. The smallest absolute Gasteiger partial charge is 0.227 e. The van der Waals surface area contributed by atoms with Crippen LogP contribution >= 0.6 is 0 Å². The Labute approximate surface area is 169 Å². The van der Waals surface area contributed by atoms with Crippen molar-refractivity contribution in [2.24, 2.45) is 0 Å². The molecule has 28 heavy (non-hydrogen) atoms. The fourth-order valence-corrected chi connectivity index (χ4v) is 4.58. The van der Waals surface area contributed by atoms with Gasteiger partial charge in [-0.15, -0.1) is 0 Å². The van der Waals surface area contributed by atoms with Crippen LogP contribution in [0.3, 0.4) is 0 Å². The molecule has 1 aromatic carbocycles. The molecule has 0 spiro atoms. The monoisotopic (exact) mass is 385 g/mol. The lowest BCUT2D eigenvalue weighted by Crippen LogP contribution is -2.50. The molecule has 1 aromatic rings. The first kappa shape index (κ1) is 21.0. The van der Waals surface area contributed by atoms with Gasteiger partial charge in [0.15, 0.2) is 5.78 Å². The second kappa shape index (κ2) is 10.2. The molecule has 0 radical (unpaired) electrons. The minimum atomic E-state index is 0.0806. The average Bonchev–Trinajstić information content (AvgIpc) is 2.85. The van der Waals surface area contributed by atoms with E-state index in [2.05, 4.69) is 23.6 Å². The molecule has 0 bridgehead atoms. The van der Waals surface area contributed by atoms with Crippen molar-refractivity contribution in [3.8, 4) is 0 Å². The average molecular weight is 386 g/mol. The molecule has 3 rings (SSSR count). The number of piperazine rings is 1. The summed E-state index contributed by atoms with van der Waals surface area (Å²) in [6, 6.07) is 8.29. The van der Waals surface area contributed by atoms with Crippen LogP contribution in [0.2, 0.25) is 0 Å². The molecule has 1 amide bonds. The number of nitrogens with zero attached hydrogens (tertiary/aromatic N) is 3. The summed E-state index contributed by atoms with van der Waals surface area (Å²) in [6.45, 7) is 11.0. The number of anilines is 1. The highest BCUT2D eigenvalue weighted by molar-refractivity contribution is 6.09. The maximum absolute atomic E-state index is 12.5. The number of ketones is 1. The van der Waals surface area contributed by atoms with E-state index in [0.717, 1.165) is 44.2 Å². The Kier molecular flexibility index (Phi) is 7.63. The molecule has 2 aliphatic rings. The van der Waals surface area contributed by atoms with E-state index >= 15 is 0 Å². The predicted octanol–water partition coefficient (Wildman–Crippen LogP) is 3.58. The number of benzene rings is 1. The van der Waals surface area contributed by atoms with Gasteiger partial charge in [-0.25, -0.2) is 0 Å². The zero-order valence-corrected chi connectivity index (χ0v) is 17.5. The van der Waals surface area contributed by atoms with E-state index in [4.69, 9.17) is 0 Å². The van der Waals surface area contributed by atoms with Crippen molar-refractivity contribution in [1.82, 2.24) is 9.80 Å². The van der Waals surface area contributed by atoms with E-state index in [0.29, 0.717) is 24.9 Å². The van der Waals surface area contributed by atoms with E-state index < -0.39 is 0 Å². The van der Waals surface area contributed by atoms with Gasteiger partial charge in [0.1, 0.15) is 0 Å². The highest BCUT2D eigenvalue weighted by Gasteiger charge is 2.26. The zero-order chi connectivity index (χ0) is 19.9. The molecule has 2 heterocycles. The van der Waals surface area contributed by atoms with Crippen LogP contribution in [0.4, 0.5) is 5.69 Å². The molecular weight excluding hydrogens is 350 g/mol. The minimum absolute atomic E-state index is 0.0806. The maximum atomic E-state index is 12.5. The molecule has 0 atom stereocenters. The van der Waals surface area contributed by atoms with E-state index in [-0.39, 0.29) is 11.7 Å². The van der Waals surface area contributed by atoms with Crippen LogP contribution in [-0.2, 0) is 4.79 Å². The van der Waals surface area contributed by atoms with Crippen LogP contribution in [0.15, 0.2) is 24.3 Å². The van der Waals surface area contributed by atoms with Gasteiger partial charge < -0.3 is 9.80 Å². The maximum Gasteiger partial charge on any atom is 0.227 e. The molecule has 0 aliphatic carbocycles. The topological polar surface area (TPSA) is 43.9 Å². The SMILES string of the molecule is CCC(CC)N1CCN(CCCCN2C(=O)CCC(=O)c3ccccc32)CC1. The van der Waals surface area contributed by atoms with Gasteiger partial charge in [-0.3, -0.25) is 14.5 Å². The number of amides is 1.